The third-order valence-corrected chi connectivity index (χ3v) is 4.73. The predicted molar refractivity (Wildman–Crippen MR) is 115 cm³/mol. The van der Waals surface area contributed by atoms with Crippen LogP contribution in [0, 0.1) is 0 Å². The monoisotopic (exact) mass is 389 g/mol. The summed E-state index contributed by atoms with van der Waals surface area (Å²) in [5.41, 5.74) is 4.80. The maximum absolute atomic E-state index is 12.3. The van der Waals surface area contributed by atoms with Gasteiger partial charge in [0.15, 0.2) is 11.5 Å². The van der Waals surface area contributed by atoms with Crippen LogP contribution in [0.2, 0.25) is 0 Å². The van der Waals surface area contributed by atoms with Gasteiger partial charge in [0, 0.05) is 24.6 Å². The second kappa shape index (κ2) is 9.28. The maximum Gasteiger partial charge on any atom is 0.272 e. The molecule has 6 heteroatoms. The van der Waals surface area contributed by atoms with Crippen molar-refractivity contribution >= 4 is 17.4 Å². The van der Waals surface area contributed by atoms with Gasteiger partial charge in [-0.05, 0) is 52.8 Å². The first-order chi connectivity index (χ1) is 14.0. The van der Waals surface area contributed by atoms with E-state index in [9.17, 15) is 4.79 Å². The number of anilines is 2. The van der Waals surface area contributed by atoms with E-state index in [0.29, 0.717) is 24.2 Å². The molecule has 0 saturated heterocycles. The highest BCUT2D eigenvalue weighted by molar-refractivity contribution is 5.92. The normalized spacial score (nSPS) is 11.0. The number of aromatic nitrogens is 3. The summed E-state index contributed by atoms with van der Waals surface area (Å²) in [4.78, 5) is 16.3. The molecule has 0 atom stereocenters. The number of carbonyl (C=O) groups excluding carboxylic acids is 1. The minimum atomic E-state index is -0.258. The summed E-state index contributed by atoms with van der Waals surface area (Å²) in [5, 5.41) is 14.6. The molecule has 0 bridgehead atoms. The summed E-state index contributed by atoms with van der Waals surface area (Å²) in [5.74, 6) is 1.11. The summed E-state index contributed by atoms with van der Waals surface area (Å²) < 4.78 is 0. The number of hydrogen-bond acceptors (Lipinski definition) is 5. The molecule has 150 valence electrons. The molecule has 0 spiro atoms. The zero-order valence-electron chi connectivity index (χ0n) is 17.3. The molecule has 29 heavy (non-hydrogen) atoms. The number of rotatable bonds is 7. The number of hydrogen-bond donors (Lipinski definition) is 2. The molecule has 0 aliphatic heterocycles. The standard InChI is InChI=1S/C23H27N5O/c1-15(2)18-6-5-7-19(16(3)4)22(18)26-21-9-8-20(27-28-21)23(29)25-14-17-10-12-24-13-11-17/h5-13,15-16H,14H2,1-4H3,(H,25,29)(H,26,28). The Balaban J connectivity index is 1.73. The van der Waals surface area contributed by atoms with Crippen molar-refractivity contribution in [3.05, 3.63) is 77.2 Å². The molecule has 0 unspecified atom stereocenters. The Labute approximate surface area is 171 Å². The fourth-order valence-electron chi connectivity index (χ4n) is 3.12. The number of amides is 1. The summed E-state index contributed by atoms with van der Waals surface area (Å²) in [7, 11) is 0. The Morgan fingerprint density at radius 3 is 2.10 bits per heavy atom. The van der Waals surface area contributed by atoms with Crippen molar-refractivity contribution in [3.63, 3.8) is 0 Å². The van der Waals surface area contributed by atoms with Gasteiger partial charge >= 0.3 is 0 Å². The van der Waals surface area contributed by atoms with E-state index in [2.05, 4.69) is 71.7 Å². The van der Waals surface area contributed by atoms with Gasteiger partial charge in [-0.25, -0.2) is 0 Å². The number of para-hydroxylation sites is 1. The molecular formula is C23H27N5O. The minimum absolute atomic E-state index is 0.258. The van der Waals surface area contributed by atoms with Crippen LogP contribution in [0.4, 0.5) is 11.5 Å². The summed E-state index contributed by atoms with van der Waals surface area (Å²) in [6, 6.07) is 13.5. The van der Waals surface area contributed by atoms with E-state index in [1.165, 1.54) is 11.1 Å². The number of pyridine rings is 1. The van der Waals surface area contributed by atoms with Crippen LogP contribution in [-0.4, -0.2) is 21.1 Å². The van der Waals surface area contributed by atoms with Crippen LogP contribution < -0.4 is 10.6 Å². The smallest absolute Gasteiger partial charge is 0.272 e. The van der Waals surface area contributed by atoms with E-state index in [0.717, 1.165) is 11.3 Å². The van der Waals surface area contributed by atoms with Gasteiger partial charge in [-0.1, -0.05) is 45.9 Å². The van der Waals surface area contributed by atoms with Crippen LogP contribution in [0.1, 0.15) is 66.7 Å². The number of benzene rings is 1. The molecule has 0 aliphatic rings. The van der Waals surface area contributed by atoms with Crippen LogP contribution in [-0.2, 0) is 6.54 Å². The van der Waals surface area contributed by atoms with E-state index in [1.54, 1.807) is 24.5 Å². The molecule has 1 aromatic carbocycles. The molecule has 1 amide bonds. The topological polar surface area (TPSA) is 79.8 Å². The first kappa shape index (κ1) is 20.5. The van der Waals surface area contributed by atoms with Crippen molar-refractivity contribution in [2.75, 3.05) is 5.32 Å². The van der Waals surface area contributed by atoms with Crippen LogP contribution in [0.5, 0.6) is 0 Å². The largest absolute Gasteiger partial charge is 0.347 e. The fraction of sp³-hybridized carbons (Fsp3) is 0.304. The zero-order valence-corrected chi connectivity index (χ0v) is 17.3. The second-order valence-electron chi connectivity index (χ2n) is 7.59. The number of carbonyl (C=O) groups is 1. The number of nitrogens with one attached hydrogen (secondary N) is 2. The van der Waals surface area contributed by atoms with Crippen molar-refractivity contribution in [1.82, 2.24) is 20.5 Å². The quantitative estimate of drug-likeness (QED) is 0.607. The Bertz CT molecular complexity index is 927. The van der Waals surface area contributed by atoms with Crippen LogP contribution in [0.3, 0.4) is 0 Å². The fourth-order valence-corrected chi connectivity index (χ4v) is 3.12. The maximum atomic E-state index is 12.3. The molecule has 6 nitrogen and oxygen atoms in total. The van der Waals surface area contributed by atoms with Gasteiger partial charge in [0.25, 0.3) is 5.91 Å². The summed E-state index contributed by atoms with van der Waals surface area (Å²) in [6.45, 7) is 9.11. The lowest BCUT2D eigenvalue weighted by atomic mass is 9.92. The van der Waals surface area contributed by atoms with Crippen LogP contribution in [0.15, 0.2) is 54.9 Å². The van der Waals surface area contributed by atoms with Crippen molar-refractivity contribution < 1.29 is 4.79 Å². The highest BCUT2D eigenvalue weighted by Gasteiger charge is 2.15. The SMILES string of the molecule is CC(C)c1cccc(C(C)C)c1Nc1ccc(C(=O)NCc2ccncc2)nn1. The number of nitrogens with zero attached hydrogens (tertiary/aromatic N) is 3. The molecule has 2 aromatic heterocycles. The first-order valence-electron chi connectivity index (χ1n) is 9.86. The summed E-state index contributed by atoms with van der Waals surface area (Å²) in [6.07, 6.45) is 3.39. The van der Waals surface area contributed by atoms with Crippen molar-refractivity contribution in [2.24, 2.45) is 0 Å². The average molecular weight is 390 g/mol. The highest BCUT2D eigenvalue weighted by Crippen LogP contribution is 2.33. The third-order valence-electron chi connectivity index (χ3n) is 4.73. The van der Waals surface area contributed by atoms with Gasteiger partial charge in [0.1, 0.15) is 0 Å². The van der Waals surface area contributed by atoms with Gasteiger partial charge in [-0.15, -0.1) is 10.2 Å². The lowest BCUT2D eigenvalue weighted by Gasteiger charge is -2.20. The molecule has 3 aromatic rings. The van der Waals surface area contributed by atoms with E-state index < -0.39 is 0 Å². The second-order valence-corrected chi connectivity index (χ2v) is 7.59. The van der Waals surface area contributed by atoms with E-state index >= 15 is 0 Å². The van der Waals surface area contributed by atoms with E-state index in [1.807, 2.05) is 12.1 Å². The Hall–Kier alpha value is -3.28. The summed E-state index contributed by atoms with van der Waals surface area (Å²) >= 11 is 0. The predicted octanol–water partition coefficient (Wildman–Crippen LogP) is 4.79. The van der Waals surface area contributed by atoms with E-state index in [-0.39, 0.29) is 11.6 Å². The molecule has 0 radical (unpaired) electrons. The van der Waals surface area contributed by atoms with Crippen molar-refractivity contribution in [2.45, 2.75) is 46.1 Å². The lowest BCUT2D eigenvalue weighted by molar-refractivity contribution is 0.0945. The van der Waals surface area contributed by atoms with Gasteiger partial charge in [-0.2, -0.15) is 0 Å². The lowest BCUT2D eigenvalue weighted by Crippen LogP contribution is -2.24. The van der Waals surface area contributed by atoms with Crippen molar-refractivity contribution in [1.29, 1.82) is 0 Å². The third kappa shape index (κ3) is 5.16. The molecule has 0 saturated carbocycles. The molecule has 2 heterocycles. The average Bonchev–Trinajstić information content (AvgIpc) is 2.73. The highest BCUT2D eigenvalue weighted by atomic mass is 16.1. The molecular weight excluding hydrogens is 362 g/mol. The molecule has 2 N–H and O–H groups in total. The Kier molecular flexibility index (Phi) is 6.54. The van der Waals surface area contributed by atoms with Gasteiger partial charge in [-0.3, -0.25) is 9.78 Å². The zero-order chi connectivity index (χ0) is 20.8. The Morgan fingerprint density at radius 2 is 1.55 bits per heavy atom. The van der Waals surface area contributed by atoms with Crippen molar-refractivity contribution in [3.8, 4) is 0 Å². The van der Waals surface area contributed by atoms with Gasteiger partial charge in [0.2, 0.25) is 0 Å². The first-order valence-corrected chi connectivity index (χ1v) is 9.86. The van der Waals surface area contributed by atoms with E-state index in [4.69, 9.17) is 0 Å². The molecule has 0 fully saturated rings. The molecule has 0 aliphatic carbocycles. The van der Waals surface area contributed by atoms with Crippen LogP contribution >= 0.6 is 0 Å². The van der Waals surface area contributed by atoms with Crippen LogP contribution in [0.25, 0.3) is 0 Å². The van der Waals surface area contributed by atoms with Gasteiger partial charge < -0.3 is 10.6 Å². The van der Waals surface area contributed by atoms with Gasteiger partial charge in [0.05, 0.1) is 0 Å². The molecule has 3 rings (SSSR count). The Morgan fingerprint density at radius 1 is 0.897 bits per heavy atom. The minimum Gasteiger partial charge on any atom is -0.347 e.